The minimum Gasteiger partial charge on any atom is -0.396 e. The quantitative estimate of drug-likeness (QED) is 0.725. The summed E-state index contributed by atoms with van der Waals surface area (Å²) in [6.07, 6.45) is 3.04. The molecule has 3 nitrogen and oxygen atoms in total. The molecule has 1 unspecified atom stereocenters. The van der Waals surface area contributed by atoms with Gasteiger partial charge in [-0.3, -0.25) is 4.90 Å². The van der Waals surface area contributed by atoms with Crippen LogP contribution in [0.1, 0.15) is 30.9 Å². The van der Waals surface area contributed by atoms with E-state index < -0.39 is 0 Å². The summed E-state index contributed by atoms with van der Waals surface area (Å²) in [5.74, 6) is 0. The van der Waals surface area contributed by atoms with Gasteiger partial charge in [0.25, 0.3) is 0 Å². The van der Waals surface area contributed by atoms with Gasteiger partial charge in [0, 0.05) is 23.7 Å². The molecule has 18 heavy (non-hydrogen) atoms. The van der Waals surface area contributed by atoms with E-state index in [-0.39, 0.29) is 12.6 Å². The topological polar surface area (TPSA) is 49.5 Å². The van der Waals surface area contributed by atoms with Crippen LogP contribution in [0.4, 0.5) is 0 Å². The maximum absolute atomic E-state index is 8.76. The van der Waals surface area contributed by atoms with Gasteiger partial charge in [-0.2, -0.15) is 0 Å². The van der Waals surface area contributed by atoms with Crippen molar-refractivity contribution in [3.63, 3.8) is 0 Å². The summed E-state index contributed by atoms with van der Waals surface area (Å²) in [5.41, 5.74) is 7.14. The average molecular weight is 315 g/mol. The predicted octanol–water partition coefficient (Wildman–Crippen LogP) is 2.54. The number of likely N-dealkylation sites (N-methyl/N-ethyl adjacent to an activating group) is 1. The maximum Gasteiger partial charge on any atom is 0.0478 e. The molecule has 1 aromatic rings. The third-order valence-electron chi connectivity index (χ3n) is 3.19. The minimum absolute atomic E-state index is 0.245. The second kappa shape index (κ2) is 8.64. The number of nitrogens with zero attached hydrogens (tertiary/aromatic N) is 1. The Balaban J connectivity index is 2.57. The Morgan fingerprint density at radius 1 is 1.28 bits per heavy atom. The fourth-order valence-electron chi connectivity index (χ4n) is 2.10. The van der Waals surface area contributed by atoms with Crippen molar-refractivity contribution in [1.82, 2.24) is 4.90 Å². The highest BCUT2D eigenvalue weighted by Crippen LogP contribution is 2.26. The SMILES string of the molecule is CN(CCCCCO)C(CN)c1ccccc1Br. The number of unbranched alkanes of at least 4 members (excludes halogenated alkanes) is 2. The standard InChI is InChI=1S/C14H23BrN2O/c1-17(9-5-2-6-10-18)14(11-16)12-7-3-4-8-13(12)15/h3-4,7-8,14,18H,2,5-6,9-11,16H2,1H3. The van der Waals surface area contributed by atoms with Gasteiger partial charge in [-0.15, -0.1) is 0 Å². The zero-order valence-electron chi connectivity index (χ0n) is 11.0. The zero-order valence-corrected chi connectivity index (χ0v) is 12.6. The molecule has 0 saturated carbocycles. The number of hydrogen-bond donors (Lipinski definition) is 2. The number of rotatable bonds is 8. The molecule has 0 aliphatic carbocycles. The Morgan fingerprint density at radius 2 is 2.00 bits per heavy atom. The van der Waals surface area contributed by atoms with Crippen molar-refractivity contribution >= 4 is 15.9 Å². The molecule has 1 rings (SSSR count). The first-order valence-corrected chi connectivity index (χ1v) is 7.25. The van der Waals surface area contributed by atoms with Gasteiger partial charge >= 0.3 is 0 Å². The number of aliphatic hydroxyl groups excluding tert-OH is 1. The van der Waals surface area contributed by atoms with E-state index in [4.69, 9.17) is 10.8 Å². The lowest BCUT2D eigenvalue weighted by Gasteiger charge is -2.28. The van der Waals surface area contributed by atoms with Crippen LogP contribution in [0.25, 0.3) is 0 Å². The van der Waals surface area contributed by atoms with E-state index in [1.165, 1.54) is 5.56 Å². The number of aliphatic hydroxyl groups is 1. The molecule has 0 fully saturated rings. The zero-order chi connectivity index (χ0) is 13.4. The number of nitrogens with two attached hydrogens (primary N) is 1. The van der Waals surface area contributed by atoms with Crippen LogP contribution in [0.2, 0.25) is 0 Å². The highest BCUT2D eigenvalue weighted by atomic mass is 79.9. The Labute approximate surface area is 118 Å². The van der Waals surface area contributed by atoms with E-state index in [9.17, 15) is 0 Å². The van der Waals surface area contributed by atoms with Gasteiger partial charge in [0.15, 0.2) is 0 Å². The average Bonchev–Trinajstić information content (AvgIpc) is 2.38. The van der Waals surface area contributed by atoms with Crippen LogP contribution in [-0.4, -0.2) is 36.8 Å². The van der Waals surface area contributed by atoms with E-state index in [1.54, 1.807) is 0 Å². The lowest BCUT2D eigenvalue weighted by Crippen LogP contribution is -2.31. The second-order valence-electron chi connectivity index (χ2n) is 4.54. The second-order valence-corrected chi connectivity index (χ2v) is 5.39. The normalized spacial score (nSPS) is 12.9. The first-order chi connectivity index (χ1) is 8.70. The summed E-state index contributed by atoms with van der Waals surface area (Å²) in [7, 11) is 2.11. The Kier molecular flexibility index (Phi) is 7.51. The Bertz CT molecular complexity index is 346. The molecule has 0 aromatic heterocycles. The van der Waals surface area contributed by atoms with E-state index >= 15 is 0 Å². The Morgan fingerprint density at radius 3 is 2.61 bits per heavy atom. The molecule has 1 atom stereocenters. The lowest BCUT2D eigenvalue weighted by atomic mass is 10.1. The highest BCUT2D eigenvalue weighted by Gasteiger charge is 2.16. The van der Waals surface area contributed by atoms with Crippen LogP contribution >= 0.6 is 15.9 Å². The molecule has 4 heteroatoms. The molecule has 0 saturated heterocycles. The van der Waals surface area contributed by atoms with Crippen LogP contribution < -0.4 is 5.73 Å². The summed E-state index contributed by atoms with van der Waals surface area (Å²) in [6.45, 7) is 1.90. The van der Waals surface area contributed by atoms with Crippen molar-refractivity contribution in [1.29, 1.82) is 0 Å². The summed E-state index contributed by atoms with van der Waals surface area (Å²) in [6, 6.07) is 8.48. The maximum atomic E-state index is 8.76. The highest BCUT2D eigenvalue weighted by molar-refractivity contribution is 9.10. The molecule has 3 N–H and O–H groups in total. The largest absolute Gasteiger partial charge is 0.396 e. The van der Waals surface area contributed by atoms with Gasteiger partial charge in [-0.1, -0.05) is 34.1 Å². The molecule has 0 amide bonds. The van der Waals surface area contributed by atoms with E-state index in [1.807, 2.05) is 12.1 Å². The van der Waals surface area contributed by atoms with Crippen LogP contribution in [-0.2, 0) is 0 Å². The Hall–Kier alpha value is -0.420. The van der Waals surface area contributed by atoms with Crippen molar-refractivity contribution in [2.75, 3.05) is 26.7 Å². The smallest absolute Gasteiger partial charge is 0.0478 e. The van der Waals surface area contributed by atoms with Crippen LogP contribution in [0.15, 0.2) is 28.7 Å². The number of hydrogen-bond acceptors (Lipinski definition) is 3. The lowest BCUT2D eigenvalue weighted by molar-refractivity contribution is 0.235. The van der Waals surface area contributed by atoms with Crippen molar-refractivity contribution in [3.05, 3.63) is 34.3 Å². The molecular weight excluding hydrogens is 292 g/mol. The van der Waals surface area contributed by atoms with Crippen molar-refractivity contribution in [2.24, 2.45) is 5.73 Å². The third-order valence-corrected chi connectivity index (χ3v) is 3.91. The summed E-state index contributed by atoms with van der Waals surface area (Å²) >= 11 is 3.58. The first-order valence-electron chi connectivity index (χ1n) is 6.46. The van der Waals surface area contributed by atoms with Crippen LogP contribution in [0.5, 0.6) is 0 Å². The van der Waals surface area contributed by atoms with Crippen LogP contribution in [0, 0.1) is 0 Å². The van der Waals surface area contributed by atoms with Crippen LogP contribution in [0.3, 0.4) is 0 Å². The van der Waals surface area contributed by atoms with E-state index in [0.29, 0.717) is 6.54 Å². The molecule has 0 bridgehead atoms. The van der Waals surface area contributed by atoms with Gasteiger partial charge in [0.2, 0.25) is 0 Å². The van der Waals surface area contributed by atoms with E-state index in [0.717, 1.165) is 30.3 Å². The van der Waals surface area contributed by atoms with Gasteiger partial charge in [-0.25, -0.2) is 0 Å². The van der Waals surface area contributed by atoms with Crippen molar-refractivity contribution in [3.8, 4) is 0 Å². The molecular formula is C14H23BrN2O. The third kappa shape index (κ3) is 4.69. The molecule has 0 radical (unpaired) electrons. The predicted molar refractivity (Wildman–Crippen MR) is 79.5 cm³/mol. The fourth-order valence-corrected chi connectivity index (χ4v) is 2.64. The van der Waals surface area contributed by atoms with Gasteiger partial charge in [-0.05, 0) is 44.5 Å². The molecule has 0 aliphatic rings. The van der Waals surface area contributed by atoms with Crippen molar-refractivity contribution < 1.29 is 5.11 Å². The molecule has 0 heterocycles. The minimum atomic E-state index is 0.245. The fraction of sp³-hybridized carbons (Fsp3) is 0.571. The molecule has 0 aliphatic heterocycles. The summed E-state index contributed by atoms with van der Waals surface area (Å²) in [5, 5.41) is 8.76. The first kappa shape index (κ1) is 15.6. The summed E-state index contributed by atoms with van der Waals surface area (Å²) < 4.78 is 1.11. The number of benzene rings is 1. The monoisotopic (exact) mass is 314 g/mol. The van der Waals surface area contributed by atoms with Gasteiger partial charge in [0.05, 0.1) is 0 Å². The van der Waals surface area contributed by atoms with E-state index in [2.05, 4.69) is 40.0 Å². The number of halogens is 1. The molecule has 0 spiro atoms. The van der Waals surface area contributed by atoms with Gasteiger partial charge in [0.1, 0.15) is 0 Å². The summed E-state index contributed by atoms with van der Waals surface area (Å²) in [4.78, 5) is 2.29. The molecule has 1 aromatic carbocycles. The van der Waals surface area contributed by atoms with Crippen molar-refractivity contribution in [2.45, 2.75) is 25.3 Å². The van der Waals surface area contributed by atoms with Gasteiger partial charge < -0.3 is 10.8 Å². The molecule has 102 valence electrons.